The molecule has 6 heteroatoms. The van der Waals surface area contributed by atoms with Crippen molar-refractivity contribution in [3.63, 3.8) is 0 Å². The van der Waals surface area contributed by atoms with Gasteiger partial charge in [0.1, 0.15) is 11.9 Å². The quantitative estimate of drug-likeness (QED) is 0.734. The van der Waals surface area contributed by atoms with Gasteiger partial charge >= 0.3 is 0 Å². The molecule has 3 heterocycles. The summed E-state index contributed by atoms with van der Waals surface area (Å²) in [5.74, 6) is 1.66. The van der Waals surface area contributed by atoms with Crippen LogP contribution in [0.3, 0.4) is 0 Å². The van der Waals surface area contributed by atoms with Gasteiger partial charge in [-0.3, -0.25) is 4.68 Å². The molecule has 0 amide bonds. The van der Waals surface area contributed by atoms with Crippen LogP contribution in [0.1, 0.15) is 11.1 Å². The summed E-state index contributed by atoms with van der Waals surface area (Å²) in [6.45, 7) is 5.68. The minimum Gasteiger partial charge on any atom is -0.487 e. The van der Waals surface area contributed by atoms with Crippen LogP contribution >= 0.6 is 0 Å². The van der Waals surface area contributed by atoms with Gasteiger partial charge in [-0.1, -0.05) is 12.1 Å². The van der Waals surface area contributed by atoms with Gasteiger partial charge in [-0.15, -0.1) is 0 Å². The highest BCUT2D eigenvalue weighted by Gasteiger charge is 2.31. The molecular weight excluding hydrogens is 314 g/mol. The zero-order valence-corrected chi connectivity index (χ0v) is 14.7. The first-order valence-corrected chi connectivity index (χ1v) is 8.40. The second kappa shape index (κ2) is 6.20. The van der Waals surface area contributed by atoms with Gasteiger partial charge in [-0.2, -0.15) is 5.10 Å². The maximum absolute atomic E-state index is 6.02. The number of nitrogens with zero attached hydrogens (tertiary/aromatic N) is 5. The molecule has 0 spiro atoms. The third kappa shape index (κ3) is 3.07. The van der Waals surface area contributed by atoms with Gasteiger partial charge in [-0.05, 0) is 43.2 Å². The highest BCUT2D eigenvalue weighted by molar-refractivity contribution is 5.60. The van der Waals surface area contributed by atoms with E-state index in [0.29, 0.717) is 0 Å². The molecule has 0 unspecified atom stereocenters. The Balaban J connectivity index is 1.47. The van der Waals surface area contributed by atoms with Crippen molar-refractivity contribution in [1.82, 2.24) is 19.7 Å². The van der Waals surface area contributed by atoms with Crippen LogP contribution in [0.4, 0.5) is 5.95 Å². The molecule has 0 N–H and O–H groups in total. The predicted octanol–water partition coefficient (Wildman–Crippen LogP) is 2.76. The molecular formula is C19H21N5O. The Bertz CT molecular complexity index is 898. The lowest BCUT2D eigenvalue weighted by molar-refractivity contribution is 0.166. The van der Waals surface area contributed by atoms with Gasteiger partial charge in [-0.25, -0.2) is 9.97 Å². The first-order valence-electron chi connectivity index (χ1n) is 8.40. The van der Waals surface area contributed by atoms with Crippen molar-refractivity contribution in [2.24, 2.45) is 7.05 Å². The lowest BCUT2D eigenvalue weighted by Crippen LogP contribution is -2.54. The molecule has 4 rings (SSSR count). The van der Waals surface area contributed by atoms with Crippen LogP contribution in [0.15, 0.2) is 42.7 Å². The average molecular weight is 335 g/mol. The van der Waals surface area contributed by atoms with Crippen LogP contribution in [0.2, 0.25) is 0 Å². The lowest BCUT2D eigenvalue weighted by atomic mass is 10.1. The minimum atomic E-state index is 0.173. The molecule has 1 fully saturated rings. The Morgan fingerprint density at radius 1 is 1.16 bits per heavy atom. The highest BCUT2D eigenvalue weighted by Crippen LogP contribution is 2.26. The summed E-state index contributed by atoms with van der Waals surface area (Å²) >= 11 is 0. The third-order valence-corrected chi connectivity index (χ3v) is 4.45. The lowest BCUT2D eigenvalue weighted by Gasteiger charge is -2.39. The van der Waals surface area contributed by atoms with E-state index in [-0.39, 0.29) is 6.10 Å². The smallest absolute Gasteiger partial charge is 0.226 e. The van der Waals surface area contributed by atoms with E-state index >= 15 is 0 Å². The van der Waals surface area contributed by atoms with Crippen LogP contribution in [0.5, 0.6) is 5.75 Å². The Morgan fingerprint density at radius 2 is 2.00 bits per heavy atom. The number of ether oxygens (including phenoxy) is 1. The molecule has 2 aromatic heterocycles. The fourth-order valence-corrected chi connectivity index (χ4v) is 3.01. The van der Waals surface area contributed by atoms with E-state index in [1.165, 1.54) is 5.56 Å². The van der Waals surface area contributed by atoms with Crippen LogP contribution in [-0.2, 0) is 7.05 Å². The summed E-state index contributed by atoms with van der Waals surface area (Å²) in [5, 5.41) is 4.23. The molecule has 1 aliphatic rings. The largest absolute Gasteiger partial charge is 0.487 e. The standard InChI is InChI=1S/C19H21N5O/c1-13-5-4-6-15(9-13)25-16-11-24(12-16)19-20-10-14(2)18(22-19)17-7-8-21-23(17)3/h4-10,16H,11-12H2,1-3H3. The molecule has 1 saturated heterocycles. The van der Waals surface area contributed by atoms with E-state index < -0.39 is 0 Å². The van der Waals surface area contributed by atoms with Crippen LogP contribution < -0.4 is 9.64 Å². The molecule has 6 nitrogen and oxygen atoms in total. The molecule has 128 valence electrons. The van der Waals surface area contributed by atoms with Crippen molar-refractivity contribution in [3.05, 3.63) is 53.9 Å². The number of rotatable bonds is 4. The van der Waals surface area contributed by atoms with Crippen LogP contribution in [0.25, 0.3) is 11.4 Å². The van der Waals surface area contributed by atoms with Crippen molar-refractivity contribution in [3.8, 4) is 17.1 Å². The Labute approximate surface area is 147 Å². The monoisotopic (exact) mass is 335 g/mol. The van der Waals surface area contributed by atoms with Gasteiger partial charge in [0.15, 0.2) is 0 Å². The van der Waals surface area contributed by atoms with E-state index in [4.69, 9.17) is 9.72 Å². The SMILES string of the molecule is Cc1cccc(OC2CN(c3ncc(C)c(-c4ccnn4C)n3)C2)c1. The van der Waals surface area contributed by atoms with Gasteiger partial charge in [0, 0.05) is 19.4 Å². The topological polar surface area (TPSA) is 56.1 Å². The van der Waals surface area contributed by atoms with E-state index in [9.17, 15) is 0 Å². The molecule has 25 heavy (non-hydrogen) atoms. The second-order valence-corrected chi connectivity index (χ2v) is 6.50. The number of hydrogen-bond acceptors (Lipinski definition) is 5. The highest BCUT2D eigenvalue weighted by atomic mass is 16.5. The molecule has 0 aliphatic carbocycles. The molecule has 1 aliphatic heterocycles. The fourth-order valence-electron chi connectivity index (χ4n) is 3.01. The number of benzene rings is 1. The van der Waals surface area contributed by atoms with Crippen molar-refractivity contribution in [2.45, 2.75) is 20.0 Å². The minimum absolute atomic E-state index is 0.173. The summed E-state index contributed by atoms with van der Waals surface area (Å²) in [7, 11) is 1.92. The van der Waals surface area contributed by atoms with Gasteiger partial charge in [0.05, 0.1) is 24.5 Å². The third-order valence-electron chi connectivity index (χ3n) is 4.45. The summed E-state index contributed by atoms with van der Waals surface area (Å²) in [4.78, 5) is 11.4. The Hall–Kier alpha value is -2.89. The summed E-state index contributed by atoms with van der Waals surface area (Å²) < 4.78 is 7.85. The predicted molar refractivity (Wildman–Crippen MR) is 96.8 cm³/mol. The van der Waals surface area contributed by atoms with Crippen molar-refractivity contribution < 1.29 is 4.74 Å². The number of aryl methyl sites for hydroxylation is 3. The Kier molecular flexibility index (Phi) is 3.87. The summed E-state index contributed by atoms with van der Waals surface area (Å²) in [5.41, 5.74) is 4.17. The summed E-state index contributed by atoms with van der Waals surface area (Å²) in [6.07, 6.45) is 3.83. The number of hydrogen-bond donors (Lipinski definition) is 0. The zero-order valence-electron chi connectivity index (χ0n) is 14.7. The van der Waals surface area contributed by atoms with E-state index in [2.05, 4.69) is 34.0 Å². The van der Waals surface area contributed by atoms with E-state index in [1.54, 1.807) is 6.20 Å². The van der Waals surface area contributed by atoms with Gasteiger partial charge in [0.2, 0.25) is 5.95 Å². The Morgan fingerprint density at radius 3 is 2.72 bits per heavy atom. The molecule has 1 aromatic carbocycles. The van der Waals surface area contributed by atoms with Crippen molar-refractivity contribution in [1.29, 1.82) is 0 Å². The van der Waals surface area contributed by atoms with Crippen molar-refractivity contribution >= 4 is 5.95 Å². The maximum Gasteiger partial charge on any atom is 0.226 e. The number of anilines is 1. The maximum atomic E-state index is 6.02. The van der Waals surface area contributed by atoms with Gasteiger partial charge in [0.25, 0.3) is 0 Å². The van der Waals surface area contributed by atoms with Crippen LogP contribution in [0, 0.1) is 13.8 Å². The van der Waals surface area contributed by atoms with Crippen molar-refractivity contribution in [2.75, 3.05) is 18.0 Å². The normalized spacial score (nSPS) is 14.4. The molecule has 0 saturated carbocycles. The van der Waals surface area contributed by atoms with E-state index in [0.717, 1.165) is 41.7 Å². The molecule has 0 atom stereocenters. The first-order chi connectivity index (χ1) is 12.1. The molecule has 0 radical (unpaired) electrons. The molecule has 3 aromatic rings. The zero-order chi connectivity index (χ0) is 17.4. The number of aromatic nitrogens is 4. The van der Waals surface area contributed by atoms with Crippen LogP contribution in [-0.4, -0.2) is 38.9 Å². The fraction of sp³-hybridized carbons (Fsp3) is 0.316. The van der Waals surface area contributed by atoms with Gasteiger partial charge < -0.3 is 9.64 Å². The first kappa shape index (κ1) is 15.6. The second-order valence-electron chi connectivity index (χ2n) is 6.50. The average Bonchev–Trinajstić information content (AvgIpc) is 2.97. The van der Waals surface area contributed by atoms with E-state index in [1.807, 2.05) is 43.0 Å². The summed E-state index contributed by atoms with van der Waals surface area (Å²) in [6, 6.07) is 10.1. The molecule has 0 bridgehead atoms.